The van der Waals surface area contributed by atoms with Gasteiger partial charge in [-0.2, -0.15) is 5.10 Å². The minimum atomic E-state index is -1.12. The Morgan fingerprint density at radius 1 is 0.944 bits per heavy atom. The standard InChI is InChI=1S/C27H25N5O4/c1-2-36-31-27(35)24(33)23(18-19-10-5-3-6-11-19)29-26(34)21-14-9-16-28-25(21)32-17-15-22(30-32)20-12-7-4-8-13-20/h3-17,23H,2,18H2,1H3,(H,29,34)(H,31,35)/t23-/m1/s1. The van der Waals surface area contributed by atoms with E-state index in [1.165, 1.54) is 4.68 Å². The zero-order chi connectivity index (χ0) is 25.3. The van der Waals surface area contributed by atoms with Crippen molar-refractivity contribution in [2.24, 2.45) is 0 Å². The molecule has 4 aromatic rings. The van der Waals surface area contributed by atoms with Crippen molar-refractivity contribution in [1.29, 1.82) is 0 Å². The van der Waals surface area contributed by atoms with E-state index >= 15 is 0 Å². The van der Waals surface area contributed by atoms with Crippen LogP contribution in [0.1, 0.15) is 22.8 Å². The van der Waals surface area contributed by atoms with E-state index < -0.39 is 23.6 Å². The number of nitrogens with zero attached hydrogens (tertiary/aromatic N) is 3. The van der Waals surface area contributed by atoms with Gasteiger partial charge in [0.05, 0.1) is 17.9 Å². The lowest BCUT2D eigenvalue weighted by Crippen LogP contribution is -2.48. The van der Waals surface area contributed by atoms with Crippen LogP contribution in [0.2, 0.25) is 0 Å². The molecule has 2 aromatic carbocycles. The fourth-order valence-corrected chi connectivity index (χ4v) is 3.60. The molecule has 0 bridgehead atoms. The fraction of sp³-hybridized carbons (Fsp3) is 0.148. The van der Waals surface area contributed by atoms with Gasteiger partial charge in [-0.3, -0.25) is 19.2 Å². The van der Waals surface area contributed by atoms with Crippen LogP contribution in [-0.2, 0) is 20.8 Å². The number of pyridine rings is 1. The smallest absolute Gasteiger partial charge is 0.313 e. The van der Waals surface area contributed by atoms with E-state index in [4.69, 9.17) is 4.84 Å². The number of hydrogen-bond acceptors (Lipinski definition) is 6. The number of hydroxylamine groups is 1. The Morgan fingerprint density at radius 3 is 2.39 bits per heavy atom. The van der Waals surface area contributed by atoms with Gasteiger partial charge in [-0.1, -0.05) is 60.7 Å². The van der Waals surface area contributed by atoms with Gasteiger partial charge in [0.15, 0.2) is 5.82 Å². The zero-order valence-corrected chi connectivity index (χ0v) is 19.6. The lowest BCUT2D eigenvalue weighted by Gasteiger charge is -2.18. The molecule has 4 rings (SSSR count). The topological polar surface area (TPSA) is 115 Å². The third-order valence-corrected chi connectivity index (χ3v) is 5.34. The highest BCUT2D eigenvalue weighted by molar-refractivity contribution is 6.38. The van der Waals surface area contributed by atoms with E-state index in [9.17, 15) is 14.4 Å². The van der Waals surface area contributed by atoms with E-state index in [0.29, 0.717) is 5.82 Å². The van der Waals surface area contributed by atoms with Crippen LogP contribution in [0, 0.1) is 0 Å². The lowest BCUT2D eigenvalue weighted by molar-refractivity contribution is -0.146. The molecule has 0 aliphatic carbocycles. The minimum Gasteiger partial charge on any atom is -0.341 e. The first-order valence-corrected chi connectivity index (χ1v) is 11.4. The Labute approximate surface area is 208 Å². The molecule has 2 heterocycles. The van der Waals surface area contributed by atoms with Gasteiger partial charge in [-0.15, -0.1) is 0 Å². The van der Waals surface area contributed by atoms with Crippen LogP contribution >= 0.6 is 0 Å². The van der Waals surface area contributed by atoms with Crippen molar-refractivity contribution in [3.05, 3.63) is 102 Å². The Hall–Kier alpha value is -4.63. The number of carbonyl (C=O) groups is 3. The highest BCUT2D eigenvalue weighted by atomic mass is 16.6. The number of aromatic nitrogens is 3. The van der Waals surface area contributed by atoms with Gasteiger partial charge in [0, 0.05) is 24.4 Å². The Morgan fingerprint density at radius 2 is 1.67 bits per heavy atom. The predicted octanol–water partition coefficient (Wildman–Crippen LogP) is 2.91. The predicted molar refractivity (Wildman–Crippen MR) is 133 cm³/mol. The summed E-state index contributed by atoms with van der Waals surface area (Å²) < 4.78 is 1.51. The van der Waals surface area contributed by atoms with Crippen molar-refractivity contribution in [1.82, 2.24) is 25.6 Å². The summed E-state index contributed by atoms with van der Waals surface area (Å²) in [5.74, 6) is -2.03. The van der Waals surface area contributed by atoms with Crippen LogP contribution in [0.25, 0.3) is 17.1 Å². The fourth-order valence-electron chi connectivity index (χ4n) is 3.60. The van der Waals surface area contributed by atoms with E-state index in [2.05, 4.69) is 20.9 Å². The van der Waals surface area contributed by atoms with Gasteiger partial charge in [-0.05, 0) is 30.7 Å². The van der Waals surface area contributed by atoms with Gasteiger partial charge in [-0.25, -0.2) is 15.1 Å². The molecule has 9 heteroatoms. The molecule has 182 valence electrons. The summed E-state index contributed by atoms with van der Waals surface area (Å²) in [6, 6.07) is 22.7. The molecule has 0 aliphatic heterocycles. The van der Waals surface area contributed by atoms with Crippen LogP contribution in [0.15, 0.2) is 91.3 Å². The second-order valence-corrected chi connectivity index (χ2v) is 7.83. The first-order valence-electron chi connectivity index (χ1n) is 11.4. The average Bonchev–Trinajstić information content (AvgIpc) is 3.42. The molecule has 0 spiro atoms. The number of benzene rings is 2. The number of carbonyl (C=O) groups excluding carboxylic acids is 3. The molecule has 2 aromatic heterocycles. The van der Waals surface area contributed by atoms with Crippen molar-refractivity contribution >= 4 is 17.6 Å². The largest absolute Gasteiger partial charge is 0.341 e. The molecular formula is C27H25N5O4. The third kappa shape index (κ3) is 5.89. The number of Topliss-reactive ketones (excluding diaryl/α,β-unsaturated/α-hetero) is 1. The van der Waals surface area contributed by atoms with Gasteiger partial charge in [0.25, 0.3) is 5.91 Å². The molecule has 0 unspecified atom stereocenters. The molecule has 0 saturated heterocycles. The maximum Gasteiger partial charge on any atom is 0.313 e. The maximum atomic E-state index is 13.3. The lowest BCUT2D eigenvalue weighted by atomic mass is 10.0. The van der Waals surface area contributed by atoms with Crippen LogP contribution in [-0.4, -0.2) is 45.0 Å². The minimum absolute atomic E-state index is 0.125. The van der Waals surface area contributed by atoms with Gasteiger partial charge >= 0.3 is 5.91 Å². The molecule has 9 nitrogen and oxygen atoms in total. The molecule has 0 aliphatic rings. The Balaban J connectivity index is 1.60. The van der Waals surface area contributed by atoms with Crippen LogP contribution in [0.4, 0.5) is 0 Å². The normalized spacial score (nSPS) is 11.5. The summed E-state index contributed by atoms with van der Waals surface area (Å²) in [5, 5.41) is 7.27. The number of rotatable bonds is 10. The number of hydrogen-bond donors (Lipinski definition) is 2. The van der Waals surface area contributed by atoms with Gasteiger partial charge in [0.1, 0.15) is 6.04 Å². The molecular weight excluding hydrogens is 458 g/mol. The number of amides is 2. The quantitative estimate of drug-likeness (QED) is 0.265. The van der Waals surface area contributed by atoms with Crippen LogP contribution in [0.3, 0.4) is 0 Å². The first-order chi connectivity index (χ1) is 17.6. The monoisotopic (exact) mass is 483 g/mol. The van der Waals surface area contributed by atoms with Crippen molar-refractivity contribution < 1.29 is 19.2 Å². The molecule has 2 N–H and O–H groups in total. The molecule has 36 heavy (non-hydrogen) atoms. The zero-order valence-electron chi connectivity index (χ0n) is 19.6. The second kappa shape index (κ2) is 11.7. The van der Waals surface area contributed by atoms with Crippen molar-refractivity contribution in [2.45, 2.75) is 19.4 Å². The summed E-state index contributed by atoms with van der Waals surface area (Å²) in [6.45, 7) is 1.87. The second-order valence-electron chi connectivity index (χ2n) is 7.83. The van der Waals surface area contributed by atoms with E-state index in [1.807, 2.05) is 66.7 Å². The number of nitrogens with one attached hydrogen (secondary N) is 2. The highest BCUT2D eigenvalue weighted by Gasteiger charge is 2.29. The first kappa shape index (κ1) is 24.5. The third-order valence-electron chi connectivity index (χ3n) is 5.34. The Bertz CT molecular complexity index is 1340. The van der Waals surface area contributed by atoms with Crippen LogP contribution in [0.5, 0.6) is 0 Å². The molecule has 0 fully saturated rings. The van der Waals surface area contributed by atoms with Gasteiger partial charge < -0.3 is 5.32 Å². The van der Waals surface area contributed by atoms with Crippen molar-refractivity contribution in [2.75, 3.05) is 6.61 Å². The average molecular weight is 484 g/mol. The van der Waals surface area contributed by atoms with Crippen LogP contribution < -0.4 is 10.8 Å². The molecule has 1 atom stereocenters. The number of ketones is 1. The summed E-state index contributed by atoms with van der Waals surface area (Å²) in [5.41, 5.74) is 4.73. The Kier molecular flexibility index (Phi) is 7.94. The highest BCUT2D eigenvalue weighted by Crippen LogP contribution is 2.19. The molecule has 2 amide bonds. The van der Waals surface area contributed by atoms with Crippen molar-refractivity contribution in [3.63, 3.8) is 0 Å². The van der Waals surface area contributed by atoms with E-state index in [0.717, 1.165) is 16.8 Å². The molecule has 0 saturated carbocycles. The summed E-state index contributed by atoms with van der Waals surface area (Å²) in [4.78, 5) is 47.8. The van der Waals surface area contributed by atoms with E-state index in [1.54, 1.807) is 31.5 Å². The summed E-state index contributed by atoms with van der Waals surface area (Å²) in [6.07, 6.45) is 3.39. The van der Waals surface area contributed by atoms with Crippen molar-refractivity contribution in [3.8, 4) is 17.1 Å². The molecule has 0 radical (unpaired) electrons. The summed E-state index contributed by atoms with van der Waals surface area (Å²) in [7, 11) is 0. The van der Waals surface area contributed by atoms with E-state index in [-0.39, 0.29) is 18.6 Å². The SMILES string of the molecule is CCONC(=O)C(=O)[C@@H](Cc1ccccc1)NC(=O)c1cccnc1-n1ccc(-c2ccccc2)n1. The summed E-state index contributed by atoms with van der Waals surface area (Å²) >= 11 is 0. The maximum absolute atomic E-state index is 13.3. The van der Waals surface area contributed by atoms with Gasteiger partial charge in [0.2, 0.25) is 5.78 Å².